The van der Waals surface area contributed by atoms with Gasteiger partial charge in [-0.25, -0.2) is 0 Å². The zero-order chi connectivity index (χ0) is 13.2. The number of nitrogens with zero attached hydrogens (tertiary/aromatic N) is 1. The van der Waals surface area contributed by atoms with Gasteiger partial charge in [-0.2, -0.15) is 0 Å². The summed E-state index contributed by atoms with van der Waals surface area (Å²) in [6.07, 6.45) is 7.08. The van der Waals surface area contributed by atoms with Crippen LogP contribution in [-0.2, 0) is 9.59 Å². The van der Waals surface area contributed by atoms with Crippen molar-refractivity contribution in [3.8, 4) is 0 Å². The smallest absolute Gasteiger partial charge is 0.310 e. The van der Waals surface area contributed by atoms with E-state index in [0.717, 1.165) is 25.7 Å². The van der Waals surface area contributed by atoms with Crippen molar-refractivity contribution in [3.63, 3.8) is 0 Å². The molecule has 2 saturated carbocycles. The predicted octanol–water partition coefficient (Wildman–Crippen LogP) is 2.20. The highest BCUT2D eigenvalue weighted by atomic mass is 16.4. The van der Waals surface area contributed by atoms with Crippen molar-refractivity contribution in [1.29, 1.82) is 0 Å². The lowest BCUT2D eigenvalue weighted by Gasteiger charge is -2.28. The summed E-state index contributed by atoms with van der Waals surface area (Å²) >= 11 is 0. The molecule has 0 aromatic carbocycles. The van der Waals surface area contributed by atoms with E-state index in [2.05, 4.69) is 6.58 Å². The molecular weight excluding hydrogens is 230 g/mol. The van der Waals surface area contributed by atoms with E-state index in [1.165, 1.54) is 0 Å². The van der Waals surface area contributed by atoms with Crippen LogP contribution in [0.5, 0.6) is 0 Å². The lowest BCUT2D eigenvalue weighted by molar-refractivity contribution is -0.153. The first kappa shape index (κ1) is 13.1. The molecule has 1 N–H and O–H groups in total. The third kappa shape index (κ3) is 2.57. The summed E-state index contributed by atoms with van der Waals surface area (Å²) in [5.41, 5.74) is -0.800. The van der Waals surface area contributed by atoms with E-state index in [-0.39, 0.29) is 12.3 Å². The molecule has 0 unspecified atom stereocenters. The lowest BCUT2D eigenvalue weighted by atomic mass is 9.82. The van der Waals surface area contributed by atoms with Gasteiger partial charge in [0.15, 0.2) is 0 Å². The Kier molecular flexibility index (Phi) is 3.73. The average Bonchev–Trinajstić information content (AvgIpc) is 3.05. The Labute approximate surface area is 108 Å². The highest BCUT2D eigenvalue weighted by Crippen LogP contribution is 2.42. The zero-order valence-electron chi connectivity index (χ0n) is 10.7. The van der Waals surface area contributed by atoms with Gasteiger partial charge in [-0.3, -0.25) is 9.59 Å². The molecule has 0 saturated heterocycles. The largest absolute Gasteiger partial charge is 0.481 e. The van der Waals surface area contributed by atoms with Crippen LogP contribution in [0.2, 0.25) is 0 Å². The van der Waals surface area contributed by atoms with Gasteiger partial charge in [0.1, 0.15) is 0 Å². The predicted molar refractivity (Wildman–Crippen MR) is 68.1 cm³/mol. The molecule has 0 aromatic heterocycles. The normalized spacial score (nSPS) is 21.6. The quantitative estimate of drug-likeness (QED) is 0.736. The minimum absolute atomic E-state index is 0.0123. The van der Waals surface area contributed by atoms with E-state index < -0.39 is 11.4 Å². The van der Waals surface area contributed by atoms with Gasteiger partial charge in [0.25, 0.3) is 0 Å². The highest BCUT2D eigenvalue weighted by molar-refractivity contribution is 5.85. The first-order valence-electron chi connectivity index (χ1n) is 6.73. The van der Waals surface area contributed by atoms with Gasteiger partial charge >= 0.3 is 5.97 Å². The molecule has 0 spiro atoms. The van der Waals surface area contributed by atoms with Crippen molar-refractivity contribution in [2.24, 2.45) is 5.41 Å². The maximum atomic E-state index is 12.3. The maximum absolute atomic E-state index is 12.3. The van der Waals surface area contributed by atoms with Crippen LogP contribution < -0.4 is 0 Å². The van der Waals surface area contributed by atoms with Crippen LogP contribution in [0.15, 0.2) is 12.7 Å². The van der Waals surface area contributed by atoms with Gasteiger partial charge in [-0.1, -0.05) is 18.9 Å². The minimum atomic E-state index is -0.803. The molecule has 0 bridgehead atoms. The van der Waals surface area contributed by atoms with E-state index >= 15 is 0 Å². The van der Waals surface area contributed by atoms with Crippen LogP contribution in [0.25, 0.3) is 0 Å². The Bertz CT molecular complexity index is 354. The molecule has 0 aliphatic heterocycles. The molecule has 0 atom stereocenters. The second-order valence-corrected chi connectivity index (χ2v) is 5.54. The van der Waals surface area contributed by atoms with Crippen LogP contribution in [0.4, 0.5) is 0 Å². The number of carboxylic acid groups (broad SMARTS) is 1. The van der Waals surface area contributed by atoms with E-state index in [0.29, 0.717) is 25.4 Å². The second kappa shape index (κ2) is 5.12. The summed E-state index contributed by atoms with van der Waals surface area (Å²) in [6.45, 7) is 4.21. The Hall–Kier alpha value is -1.32. The van der Waals surface area contributed by atoms with Crippen molar-refractivity contribution >= 4 is 11.9 Å². The fraction of sp³-hybridized carbons (Fsp3) is 0.714. The standard InChI is InChI=1S/C14H21NO3/c1-2-9-15(11-5-6-11)12(16)10-14(13(17)18)7-3-4-8-14/h2,11H,1,3-10H2,(H,17,18). The van der Waals surface area contributed by atoms with Gasteiger partial charge in [-0.05, 0) is 25.7 Å². The van der Waals surface area contributed by atoms with Crippen molar-refractivity contribution in [1.82, 2.24) is 4.90 Å². The molecule has 2 rings (SSSR count). The van der Waals surface area contributed by atoms with E-state index in [4.69, 9.17) is 0 Å². The third-order valence-corrected chi connectivity index (χ3v) is 4.14. The Morgan fingerprint density at radius 2 is 1.94 bits per heavy atom. The number of amides is 1. The van der Waals surface area contributed by atoms with Crippen molar-refractivity contribution in [2.75, 3.05) is 6.54 Å². The van der Waals surface area contributed by atoms with Crippen LogP contribution in [0.1, 0.15) is 44.9 Å². The summed E-state index contributed by atoms with van der Waals surface area (Å²) in [4.78, 5) is 25.5. The SMILES string of the molecule is C=CCN(C(=O)CC1(C(=O)O)CCCC1)C1CC1. The van der Waals surface area contributed by atoms with Gasteiger partial charge in [0, 0.05) is 19.0 Å². The number of rotatable bonds is 6. The van der Waals surface area contributed by atoms with Crippen LogP contribution in [0, 0.1) is 5.41 Å². The lowest BCUT2D eigenvalue weighted by Crippen LogP contribution is -2.39. The Morgan fingerprint density at radius 1 is 1.33 bits per heavy atom. The molecule has 4 nitrogen and oxygen atoms in total. The van der Waals surface area contributed by atoms with E-state index in [1.807, 2.05) is 0 Å². The molecule has 100 valence electrons. The molecule has 0 radical (unpaired) electrons. The van der Waals surface area contributed by atoms with Crippen LogP contribution >= 0.6 is 0 Å². The molecule has 0 heterocycles. The number of carbonyl (C=O) groups is 2. The van der Waals surface area contributed by atoms with Crippen molar-refractivity contribution < 1.29 is 14.7 Å². The fourth-order valence-electron chi connectivity index (χ4n) is 2.89. The van der Waals surface area contributed by atoms with Crippen LogP contribution in [-0.4, -0.2) is 34.5 Å². The van der Waals surface area contributed by atoms with Gasteiger partial charge in [0.2, 0.25) is 5.91 Å². The summed E-state index contributed by atoms with van der Waals surface area (Å²) in [5.74, 6) is -0.815. The number of hydrogen-bond donors (Lipinski definition) is 1. The number of carboxylic acids is 1. The molecule has 1 amide bonds. The first-order valence-corrected chi connectivity index (χ1v) is 6.73. The first-order chi connectivity index (χ1) is 8.59. The van der Waals surface area contributed by atoms with Gasteiger partial charge < -0.3 is 10.0 Å². The summed E-state index contributed by atoms with van der Waals surface area (Å²) in [7, 11) is 0. The number of aliphatic carboxylic acids is 1. The molecular formula is C14H21NO3. The van der Waals surface area contributed by atoms with Gasteiger partial charge in [0.05, 0.1) is 5.41 Å². The highest BCUT2D eigenvalue weighted by Gasteiger charge is 2.45. The number of hydrogen-bond acceptors (Lipinski definition) is 2. The maximum Gasteiger partial charge on any atom is 0.310 e. The average molecular weight is 251 g/mol. The summed E-state index contributed by atoms with van der Waals surface area (Å²) < 4.78 is 0. The van der Waals surface area contributed by atoms with Gasteiger partial charge in [-0.15, -0.1) is 6.58 Å². The molecule has 2 aliphatic carbocycles. The third-order valence-electron chi connectivity index (χ3n) is 4.14. The Morgan fingerprint density at radius 3 is 2.39 bits per heavy atom. The second-order valence-electron chi connectivity index (χ2n) is 5.54. The summed E-state index contributed by atoms with van der Waals surface area (Å²) in [5, 5.41) is 9.39. The van der Waals surface area contributed by atoms with Crippen LogP contribution in [0.3, 0.4) is 0 Å². The number of carbonyl (C=O) groups excluding carboxylic acids is 1. The summed E-state index contributed by atoms with van der Waals surface area (Å²) in [6, 6.07) is 0.322. The van der Waals surface area contributed by atoms with Crippen molar-refractivity contribution in [3.05, 3.63) is 12.7 Å². The van der Waals surface area contributed by atoms with E-state index in [1.54, 1.807) is 11.0 Å². The van der Waals surface area contributed by atoms with Crippen molar-refractivity contribution in [2.45, 2.75) is 51.0 Å². The topological polar surface area (TPSA) is 57.6 Å². The minimum Gasteiger partial charge on any atom is -0.481 e. The molecule has 2 fully saturated rings. The molecule has 4 heteroatoms. The zero-order valence-corrected chi connectivity index (χ0v) is 10.7. The Balaban J connectivity index is 2.03. The monoisotopic (exact) mass is 251 g/mol. The molecule has 0 aromatic rings. The fourth-order valence-corrected chi connectivity index (χ4v) is 2.89. The molecule has 18 heavy (non-hydrogen) atoms. The van der Waals surface area contributed by atoms with E-state index in [9.17, 15) is 14.7 Å². The molecule has 2 aliphatic rings.